The van der Waals surface area contributed by atoms with Crippen molar-refractivity contribution in [1.29, 1.82) is 0 Å². The summed E-state index contributed by atoms with van der Waals surface area (Å²) in [5, 5.41) is 19.3. The molecule has 8 heteroatoms. The maximum Gasteiger partial charge on any atom is 0.175 e. The fourth-order valence-electron chi connectivity index (χ4n) is 3.20. The third-order valence-electron chi connectivity index (χ3n) is 4.65. The summed E-state index contributed by atoms with van der Waals surface area (Å²) >= 11 is 0. The van der Waals surface area contributed by atoms with Gasteiger partial charge < -0.3 is 10.0 Å². The summed E-state index contributed by atoms with van der Waals surface area (Å²) < 4.78 is 23.5. The normalized spacial score (nSPS) is 11.7. The van der Waals surface area contributed by atoms with Crippen molar-refractivity contribution in [3.8, 4) is 11.4 Å². The number of nitrogens with zero attached hydrogens (tertiary/aromatic N) is 4. The highest BCUT2D eigenvalue weighted by molar-refractivity contribution is 7.90. The van der Waals surface area contributed by atoms with Crippen LogP contribution in [-0.2, 0) is 9.84 Å². The van der Waals surface area contributed by atoms with E-state index < -0.39 is 9.84 Å². The zero-order chi connectivity index (χ0) is 20.6. The zero-order valence-corrected chi connectivity index (χ0v) is 16.8. The number of hydrogen-bond acceptors (Lipinski definition) is 6. The summed E-state index contributed by atoms with van der Waals surface area (Å²) in [6.07, 6.45) is 1.15. The van der Waals surface area contributed by atoms with E-state index in [2.05, 4.69) is 15.1 Å². The molecule has 0 saturated heterocycles. The van der Waals surface area contributed by atoms with Crippen LogP contribution in [0.15, 0.2) is 71.6 Å². The largest absolute Gasteiger partial charge is 0.506 e. The molecular weight excluding hydrogens is 388 g/mol. The molecule has 0 amide bonds. The quantitative estimate of drug-likeness (QED) is 0.542. The molecule has 0 radical (unpaired) electrons. The first-order valence-electron chi connectivity index (χ1n) is 9.10. The molecule has 1 N–H and O–H groups in total. The molecular formula is C21H20N4O3S. The Hall–Kier alpha value is -3.39. The molecule has 0 aliphatic heterocycles. The minimum absolute atomic E-state index is 0.0283. The van der Waals surface area contributed by atoms with Gasteiger partial charge in [-0.3, -0.25) is 0 Å². The van der Waals surface area contributed by atoms with Crippen molar-refractivity contribution >= 4 is 32.2 Å². The Balaban J connectivity index is 1.73. The molecule has 29 heavy (non-hydrogen) atoms. The number of phenolic OH excluding ortho intramolecular Hbond substituents is 1. The number of aromatic hydroxyl groups is 1. The van der Waals surface area contributed by atoms with Gasteiger partial charge in [0, 0.05) is 30.2 Å². The average molecular weight is 408 g/mol. The molecule has 0 spiro atoms. The molecule has 3 aromatic carbocycles. The molecule has 0 aliphatic rings. The van der Waals surface area contributed by atoms with Crippen LogP contribution in [0.25, 0.3) is 16.7 Å². The monoisotopic (exact) mass is 408 g/mol. The molecule has 1 heterocycles. The first kappa shape index (κ1) is 18.9. The second kappa shape index (κ2) is 7.21. The van der Waals surface area contributed by atoms with Crippen LogP contribution < -0.4 is 4.90 Å². The summed E-state index contributed by atoms with van der Waals surface area (Å²) in [4.78, 5) is 3.57. The SMILES string of the molecule is CCN(c1ccccc1)c1ccc(-n2nc3ccc(S(C)(=O)=O)cc3n2)c(O)c1. The van der Waals surface area contributed by atoms with Gasteiger partial charge in [-0.05, 0) is 49.4 Å². The highest BCUT2D eigenvalue weighted by atomic mass is 32.2. The van der Waals surface area contributed by atoms with Gasteiger partial charge in [0.25, 0.3) is 0 Å². The second-order valence-corrected chi connectivity index (χ2v) is 8.68. The Morgan fingerprint density at radius 2 is 1.66 bits per heavy atom. The molecule has 148 valence electrons. The van der Waals surface area contributed by atoms with E-state index in [9.17, 15) is 13.5 Å². The first-order chi connectivity index (χ1) is 13.9. The molecule has 7 nitrogen and oxygen atoms in total. The van der Waals surface area contributed by atoms with E-state index in [-0.39, 0.29) is 10.6 Å². The number of rotatable bonds is 5. The maximum absolute atomic E-state index is 11.8. The summed E-state index contributed by atoms with van der Waals surface area (Å²) in [6, 6.07) is 19.8. The third-order valence-corrected chi connectivity index (χ3v) is 5.76. The lowest BCUT2D eigenvalue weighted by molar-refractivity contribution is 0.468. The predicted molar refractivity (Wildman–Crippen MR) is 113 cm³/mol. The molecule has 4 aromatic rings. The maximum atomic E-state index is 11.8. The molecule has 4 rings (SSSR count). The van der Waals surface area contributed by atoms with Crippen LogP contribution in [0.1, 0.15) is 6.92 Å². The standard InChI is InChI=1S/C21H20N4O3S/c1-3-24(15-7-5-4-6-8-15)16-9-12-20(21(26)13-16)25-22-18-11-10-17(29(2,27)28)14-19(18)23-25/h4-14,26H,3H2,1-2H3. The van der Waals surface area contributed by atoms with E-state index in [0.29, 0.717) is 16.7 Å². The van der Waals surface area contributed by atoms with Crippen LogP contribution in [0.3, 0.4) is 0 Å². The Morgan fingerprint density at radius 1 is 0.931 bits per heavy atom. The number of aromatic nitrogens is 3. The number of hydrogen-bond donors (Lipinski definition) is 1. The van der Waals surface area contributed by atoms with Gasteiger partial charge in [-0.1, -0.05) is 18.2 Å². The first-order valence-corrected chi connectivity index (χ1v) is 11.0. The minimum Gasteiger partial charge on any atom is -0.506 e. The van der Waals surface area contributed by atoms with E-state index in [4.69, 9.17) is 0 Å². The number of fused-ring (bicyclic) bond motifs is 1. The third kappa shape index (κ3) is 3.66. The fourth-order valence-corrected chi connectivity index (χ4v) is 3.84. The van der Waals surface area contributed by atoms with Crippen molar-refractivity contribution in [2.45, 2.75) is 11.8 Å². The molecule has 0 saturated carbocycles. The molecule has 0 fully saturated rings. The zero-order valence-electron chi connectivity index (χ0n) is 16.0. The number of benzene rings is 3. The highest BCUT2D eigenvalue weighted by Crippen LogP contribution is 2.31. The van der Waals surface area contributed by atoms with Crippen molar-refractivity contribution in [2.24, 2.45) is 0 Å². The Morgan fingerprint density at radius 3 is 2.31 bits per heavy atom. The lowest BCUT2D eigenvalue weighted by atomic mass is 10.2. The summed E-state index contributed by atoms with van der Waals surface area (Å²) in [6.45, 7) is 2.78. The highest BCUT2D eigenvalue weighted by Gasteiger charge is 2.15. The van der Waals surface area contributed by atoms with Gasteiger partial charge in [-0.15, -0.1) is 15.0 Å². The lowest BCUT2D eigenvalue weighted by Crippen LogP contribution is -2.15. The van der Waals surface area contributed by atoms with Crippen LogP contribution >= 0.6 is 0 Å². The van der Waals surface area contributed by atoms with Crippen LogP contribution in [0.2, 0.25) is 0 Å². The van der Waals surface area contributed by atoms with Gasteiger partial charge in [0.1, 0.15) is 22.5 Å². The molecule has 0 aliphatic carbocycles. The summed E-state index contributed by atoms with van der Waals surface area (Å²) in [5.74, 6) is 0.0283. The summed E-state index contributed by atoms with van der Waals surface area (Å²) in [5.41, 5.74) is 3.26. The Labute approximate surface area is 168 Å². The van der Waals surface area contributed by atoms with E-state index in [1.165, 1.54) is 16.9 Å². The van der Waals surface area contributed by atoms with Crippen LogP contribution in [0, 0.1) is 0 Å². The Kier molecular flexibility index (Phi) is 4.71. The molecule has 0 bridgehead atoms. The second-order valence-electron chi connectivity index (χ2n) is 6.66. The number of para-hydroxylation sites is 1. The smallest absolute Gasteiger partial charge is 0.175 e. The fraction of sp³-hybridized carbons (Fsp3) is 0.143. The van der Waals surface area contributed by atoms with Crippen molar-refractivity contribution in [1.82, 2.24) is 15.0 Å². The van der Waals surface area contributed by atoms with Gasteiger partial charge in [0.15, 0.2) is 9.84 Å². The predicted octanol–water partition coefficient (Wildman–Crippen LogP) is 3.69. The van der Waals surface area contributed by atoms with Crippen molar-refractivity contribution < 1.29 is 13.5 Å². The van der Waals surface area contributed by atoms with Crippen LogP contribution in [0.4, 0.5) is 11.4 Å². The minimum atomic E-state index is -3.33. The number of anilines is 2. The summed E-state index contributed by atoms with van der Waals surface area (Å²) in [7, 11) is -3.33. The van der Waals surface area contributed by atoms with Crippen molar-refractivity contribution in [3.05, 3.63) is 66.7 Å². The number of phenols is 1. The molecule has 0 atom stereocenters. The van der Waals surface area contributed by atoms with Gasteiger partial charge in [-0.2, -0.15) is 0 Å². The van der Waals surface area contributed by atoms with Gasteiger partial charge in [-0.25, -0.2) is 8.42 Å². The number of sulfone groups is 1. The van der Waals surface area contributed by atoms with E-state index in [1.807, 2.05) is 43.3 Å². The lowest BCUT2D eigenvalue weighted by Gasteiger charge is -2.23. The van der Waals surface area contributed by atoms with Gasteiger partial charge >= 0.3 is 0 Å². The van der Waals surface area contributed by atoms with E-state index in [0.717, 1.165) is 24.2 Å². The Bertz CT molecular complexity index is 1280. The van der Waals surface area contributed by atoms with Crippen molar-refractivity contribution in [2.75, 3.05) is 17.7 Å². The van der Waals surface area contributed by atoms with Gasteiger partial charge in [0.05, 0.1) is 4.90 Å². The van der Waals surface area contributed by atoms with E-state index >= 15 is 0 Å². The van der Waals surface area contributed by atoms with Crippen LogP contribution in [0.5, 0.6) is 5.75 Å². The molecule has 1 aromatic heterocycles. The van der Waals surface area contributed by atoms with Crippen LogP contribution in [-0.4, -0.2) is 41.3 Å². The van der Waals surface area contributed by atoms with Gasteiger partial charge in [0.2, 0.25) is 0 Å². The topological polar surface area (TPSA) is 88.3 Å². The van der Waals surface area contributed by atoms with E-state index in [1.54, 1.807) is 18.2 Å². The molecule has 0 unspecified atom stereocenters. The van der Waals surface area contributed by atoms with Crippen molar-refractivity contribution in [3.63, 3.8) is 0 Å². The average Bonchev–Trinajstić information content (AvgIpc) is 3.12.